The normalized spacial score (nSPS) is 10.4. The predicted octanol–water partition coefficient (Wildman–Crippen LogP) is 4.39. The van der Waals surface area contributed by atoms with Crippen LogP contribution >= 0.6 is 23.4 Å². The van der Waals surface area contributed by atoms with Gasteiger partial charge in [0.15, 0.2) is 11.6 Å². The third kappa shape index (κ3) is 4.76. The molecule has 0 amide bonds. The molecule has 0 aliphatic rings. The molecule has 21 heavy (non-hydrogen) atoms. The maximum absolute atomic E-state index is 13.5. The average Bonchev–Trinajstić information content (AvgIpc) is 2.45. The molecule has 0 bridgehead atoms. The van der Waals surface area contributed by atoms with Crippen LogP contribution in [0.1, 0.15) is 5.56 Å². The molecule has 0 atom stereocenters. The van der Waals surface area contributed by atoms with E-state index < -0.39 is 5.82 Å². The highest BCUT2D eigenvalue weighted by Gasteiger charge is 2.08. The number of benzene rings is 2. The number of thioether (sulfide) groups is 1. The van der Waals surface area contributed by atoms with Crippen LogP contribution in [-0.4, -0.2) is 18.6 Å². The van der Waals surface area contributed by atoms with Crippen LogP contribution in [0.4, 0.5) is 4.39 Å². The van der Waals surface area contributed by atoms with E-state index in [2.05, 4.69) is 0 Å². The summed E-state index contributed by atoms with van der Waals surface area (Å²) in [5, 5.41) is 0.643. The second kappa shape index (κ2) is 7.48. The Balaban J connectivity index is 1.91. The van der Waals surface area contributed by atoms with Gasteiger partial charge in [-0.15, -0.1) is 11.8 Å². The van der Waals surface area contributed by atoms with Gasteiger partial charge in [0.2, 0.25) is 0 Å². The summed E-state index contributed by atoms with van der Waals surface area (Å²) in [7, 11) is 1.41. The van der Waals surface area contributed by atoms with Crippen molar-refractivity contribution < 1.29 is 13.9 Å². The van der Waals surface area contributed by atoms with Gasteiger partial charge < -0.3 is 4.74 Å². The molecule has 5 heteroatoms. The minimum atomic E-state index is -0.453. The maximum atomic E-state index is 13.5. The fraction of sp³-hybridized carbons (Fsp3) is 0.188. The fourth-order valence-electron chi connectivity index (χ4n) is 1.82. The number of ether oxygens (including phenoxy) is 1. The van der Waals surface area contributed by atoms with E-state index in [0.717, 1.165) is 4.90 Å². The van der Waals surface area contributed by atoms with Gasteiger partial charge >= 0.3 is 0 Å². The number of halogens is 2. The van der Waals surface area contributed by atoms with Gasteiger partial charge in [0, 0.05) is 16.3 Å². The fourth-order valence-corrected chi connectivity index (χ4v) is 2.89. The molecule has 0 fully saturated rings. The molecule has 0 radical (unpaired) electrons. The van der Waals surface area contributed by atoms with E-state index in [-0.39, 0.29) is 18.0 Å². The molecular weight excluding hydrogens is 311 g/mol. The highest BCUT2D eigenvalue weighted by Crippen LogP contribution is 2.22. The van der Waals surface area contributed by atoms with E-state index in [4.69, 9.17) is 16.3 Å². The summed E-state index contributed by atoms with van der Waals surface area (Å²) in [6.07, 6.45) is 0.203. The first kappa shape index (κ1) is 15.9. The molecule has 0 saturated heterocycles. The molecule has 0 aliphatic carbocycles. The predicted molar refractivity (Wildman–Crippen MR) is 83.8 cm³/mol. The molecule has 0 spiro atoms. The maximum Gasteiger partial charge on any atom is 0.165 e. The lowest BCUT2D eigenvalue weighted by Gasteiger charge is -2.05. The number of rotatable bonds is 6. The van der Waals surface area contributed by atoms with Crippen molar-refractivity contribution in [2.45, 2.75) is 11.3 Å². The van der Waals surface area contributed by atoms with Gasteiger partial charge in [-0.25, -0.2) is 4.39 Å². The highest BCUT2D eigenvalue weighted by molar-refractivity contribution is 8.00. The van der Waals surface area contributed by atoms with Crippen molar-refractivity contribution in [3.8, 4) is 5.75 Å². The first-order valence-electron chi connectivity index (χ1n) is 6.31. The zero-order valence-electron chi connectivity index (χ0n) is 11.4. The van der Waals surface area contributed by atoms with Gasteiger partial charge in [-0.3, -0.25) is 4.79 Å². The summed E-state index contributed by atoms with van der Waals surface area (Å²) in [4.78, 5) is 12.9. The second-order valence-electron chi connectivity index (χ2n) is 4.43. The van der Waals surface area contributed by atoms with E-state index in [1.807, 2.05) is 18.2 Å². The summed E-state index contributed by atoms with van der Waals surface area (Å²) >= 11 is 7.31. The molecule has 2 rings (SSSR count). The number of hydrogen-bond acceptors (Lipinski definition) is 3. The van der Waals surface area contributed by atoms with Crippen LogP contribution in [0.15, 0.2) is 47.4 Å². The Morgan fingerprint density at radius 1 is 1.29 bits per heavy atom. The van der Waals surface area contributed by atoms with E-state index in [1.54, 1.807) is 12.1 Å². The summed E-state index contributed by atoms with van der Waals surface area (Å²) in [5.41, 5.74) is 0.644. The van der Waals surface area contributed by atoms with Crippen LogP contribution in [-0.2, 0) is 11.2 Å². The second-order valence-corrected chi connectivity index (χ2v) is 5.92. The number of Topliss-reactive ketones (excluding diaryl/α,β-unsaturated/α-hetero) is 1. The number of hydrogen-bond donors (Lipinski definition) is 0. The highest BCUT2D eigenvalue weighted by atomic mass is 35.5. The van der Waals surface area contributed by atoms with E-state index in [0.29, 0.717) is 16.3 Å². The lowest BCUT2D eigenvalue weighted by atomic mass is 10.1. The van der Waals surface area contributed by atoms with Crippen LogP contribution in [0.3, 0.4) is 0 Å². The zero-order valence-corrected chi connectivity index (χ0v) is 13.0. The Kier molecular flexibility index (Phi) is 5.65. The van der Waals surface area contributed by atoms with Gasteiger partial charge in [0.05, 0.1) is 12.9 Å². The summed E-state index contributed by atoms with van der Waals surface area (Å²) in [5.74, 6) is 0.0860. The minimum absolute atomic E-state index is 0.0320. The van der Waals surface area contributed by atoms with Gasteiger partial charge in [0.25, 0.3) is 0 Å². The quantitative estimate of drug-likeness (QED) is 0.737. The molecule has 2 aromatic rings. The van der Waals surface area contributed by atoms with Crippen LogP contribution in [0.2, 0.25) is 5.02 Å². The average molecular weight is 325 g/mol. The Labute approximate surface area is 132 Å². The first-order valence-corrected chi connectivity index (χ1v) is 7.67. The van der Waals surface area contributed by atoms with Crippen molar-refractivity contribution >= 4 is 29.1 Å². The summed E-state index contributed by atoms with van der Waals surface area (Å²) < 4.78 is 18.4. The zero-order chi connectivity index (χ0) is 15.2. The molecule has 0 N–H and O–H groups in total. The third-order valence-electron chi connectivity index (χ3n) is 2.81. The molecule has 0 aliphatic heterocycles. The van der Waals surface area contributed by atoms with E-state index in [9.17, 15) is 9.18 Å². The van der Waals surface area contributed by atoms with Crippen LogP contribution in [0.5, 0.6) is 5.75 Å². The molecule has 0 saturated carbocycles. The Morgan fingerprint density at radius 3 is 2.76 bits per heavy atom. The first-order chi connectivity index (χ1) is 10.1. The van der Waals surface area contributed by atoms with Crippen LogP contribution in [0, 0.1) is 5.82 Å². The summed E-state index contributed by atoms with van der Waals surface area (Å²) in [6, 6.07) is 11.9. The standard InChI is InChI=1S/C16H14ClFO2S/c1-20-16-6-5-11(8-15(16)18)7-13(19)10-21-14-4-2-3-12(17)9-14/h2-6,8-9H,7,10H2,1H3. The molecule has 2 nitrogen and oxygen atoms in total. The lowest BCUT2D eigenvalue weighted by molar-refractivity contribution is -0.116. The van der Waals surface area contributed by atoms with E-state index in [1.165, 1.54) is 31.0 Å². The van der Waals surface area contributed by atoms with Crippen molar-refractivity contribution in [3.63, 3.8) is 0 Å². The topological polar surface area (TPSA) is 26.3 Å². The van der Waals surface area contributed by atoms with Crippen LogP contribution in [0.25, 0.3) is 0 Å². The number of methoxy groups -OCH3 is 1. The Bertz CT molecular complexity index is 646. The van der Waals surface area contributed by atoms with E-state index >= 15 is 0 Å². The van der Waals surface area contributed by atoms with Crippen molar-refractivity contribution in [2.24, 2.45) is 0 Å². The molecular formula is C16H14ClFO2S. The number of carbonyl (C=O) groups is 1. The molecule has 2 aromatic carbocycles. The lowest BCUT2D eigenvalue weighted by Crippen LogP contribution is -2.06. The monoisotopic (exact) mass is 324 g/mol. The number of carbonyl (C=O) groups excluding carboxylic acids is 1. The smallest absolute Gasteiger partial charge is 0.165 e. The minimum Gasteiger partial charge on any atom is -0.494 e. The van der Waals surface area contributed by atoms with Gasteiger partial charge in [-0.05, 0) is 35.9 Å². The van der Waals surface area contributed by atoms with Crippen LogP contribution < -0.4 is 4.74 Å². The van der Waals surface area contributed by atoms with Gasteiger partial charge in [-0.1, -0.05) is 23.7 Å². The molecule has 0 unspecified atom stereocenters. The summed E-state index contributed by atoms with van der Waals surface area (Å²) in [6.45, 7) is 0. The molecule has 0 aromatic heterocycles. The van der Waals surface area contributed by atoms with Crippen molar-refractivity contribution in [3.05, 3.63) is 58.9 Å². The largest absolute Gasteiger partial charge is 0.494 e. The third-order valence-corrected chi connectivity index (χ3v) is 4.10. The molecule has 110 valence electrons. The Morgan fingerprint density at radius 2 is 2.10 bits per heavy atom. The molecule has 0 heterocycles. The SMILES string of the molecule is COc1ccc(CC(=O)CSc2cccc(Cl)c2)cc1F. The van der Waals surface area contributed by atoms with Crippen molar-refractivity contribution in [2.75, 3.05) is 12.9 Å². The van der Waals surface area contributed by atoms with Gasteiger partial charge in [0.1, 0.15) is 5.78 Å². The number of ketones is 1. The van der Waals surface area contributed by atoms with Gasteiger partial charge in [-0.2, -0.15) is 0 Å². The van der Waals surface area contributed by atoms with Crippen molar-refractivity contribution in [1.82, 2.24) is 0 Å². The Hall–Kier alpha value is -1.52. The van der Waals surface area contributed by atoms with Crippen molar-refractivity contribution in [1.29, 1.82) is 0 Å².